The smallest absolute Gasteiger partial charge is 0.246 e. The summed E-state index contributed by atoms with van der Waals surface area (Å²) in [5.41, 5.74) is 9.17. The molecule has 2 aliphatic rings. The predicted molar refractivity (Wildman–Crippen MR) is 138 cm³/mol. The Hall–Kier alpha value is -4.37. The summed E-state index contributed by atoms with van der Waals surface area (Å²) in [6.07, 6.45) is 7.93. The highest BCUT2D eigenvalue weighted by atomic mass is 16.5. The highest BCUT2D eigenvalue weighted by Gasteiger charge is 2.54. The number of amides is 1. The van der Waals surface area contributed by atoms with Gasteiger partial charge in [-0.25, -0.2) is 9.97 Å². The number of imidazole rings is 1. The summed E-state index contributed by atoms with van der Waals surface area (Å²) in [6.45, 7) is 4.72. The number of aromatic nitrogens is 4. The zero-order valence-corrected chi connectivity index (χ0v) is 20.2. The molecule has 0 spiro atoms. The fraction of sp³-hybridized carbons (Fsp3) is 0.250. The van der Waals surface area contributed by atoms with E-state index >= 15 is 0 Å². The molecule has 9 nitrogen and oxygen atoms in total. The lowest BCUT2D eigenvalue weighted by molar-refractivity contribution is -0.131. The van der Waals surface area contributed by atoms with Gasteiger partial charge in [0.2, 0.25) is 5.91 Å². The lowest BCUT2D eigenvalue weighted by atomic mass is 9.88. The molecule has 2 aliphatic heterocycles. The summed E-state index contributed by atoms with van der Waals surface area (Å²) in [5, 5.41) is 0. The Kier molecular flexibility index (Phi) is 5.57. The molecule has 0 aliphatic carbocycles. The molecule has 0 saturated carbocycles. The van der Waals surface area contributed by atoms with E-state index in [-0.39, 0.29) is 24.2 Å². The number of nitrogens with two attached hydrogens (primary N) is 1. The second-order valence-corrected chi connectivity index (χ2v) is 9.44. The first kappa shape index (κ1) is 23.1. The predicted octanol–water partition coefficient (Wildman–Crippen LogP) is 3.20. The van der Waals surface area contributed by atoms with E-state index < -0.39 is 5.54 Å². The fourth-order valence-corrected chi connectivity index (χ4v) is 5.58. The van der Waals surface area contributed by atoms with Gasteiger partial charge in [0, 0.05) is 61.4 Å². The number of ketones is 1. The number of anilines is 1. The third kappa shape index (κ3) is 3.79. The third-order valence-corrected chi connectivity index (χ3v) is 7.33. The molecule has 1 aromatic carbocycles. The number of nitrogen functional groups attached to an aromatic ring is 1. The molecule has 4 aromatic rings. The average Bonchev–Trinajstić information content (AvgIpc) is 3.45. The highest BCUT2D eigenvalue weighted by Crippen LogP contribution is 2.47. The maximum absolute atomic E-state index is 12.9. The van der Waals surface area contributed by atoms with Crippen molar-refractivity contribution in [3.05, 3.63) is 90.8 Å². The number of carbonyl (C=O) groups is 2. The topological polar surface area (TPSA) is 116 Å². The molecule has 6 rings (SSSR count). The first-order valence-corrected chi connectivity index (χ1v) is 12.2. The van der Waals surface area contributed by atoms with Crippen LogP contribution in [0.2, 0.25) is 0 Å². The van der Waals surface area contributed by atoms with Gasteiger partial charge in [-0.15, -0.1) is 0 Å². The quantitative estimate of drug-likeness (QED) is 0.323. The molecule has 2 fully saturated rings. The van der Waals surface area contributed by atoms with Gasteiger partial charge in [-0.05, 0) is 18.2 Å². The standard InChI is InChI=1S/C28H26N6O3/c1-2-23(36)34-17-21-16-28(34,10-14-37-21)27-32-24(25-26(29)31-12-13-33(25)27)19-8-6-18(7-9-19)22(35)15-20-5-3-4-11-30-20/h2-9,11-13,21H,1,10,14-17H2,(H2,29,31)/t21-,28-/m0/s1. The first-order valence-electron chi connectivity index (χ1n) is 12.2. The summed E-state index contributed by atoms with van der Waals surface area (Å²) < 4.78 is 7.85. The van der Waals surface area contributed by atoms with Gasteiger partial charge in [0.1, 0.15) is 28.4 Å². The summed E-state index contributed by atoms with van der Waals surface area (Å²) in [7, 11) is 0. The Bertz CT molecular complexity index is 1510. The Labute approximate surface area is 213 Å². The van der Waals surface area contributed by atoms with Crippen LogP contribution in [0.15, 0.2) is 73.7 Å². The number of benzene rings is 1. The van der Waals surface area contributed by atoms with Crippen LogP contribution in [0, 0.1) is 0 Å². The maximum atomic E-state index is 12.9. The number of hydrogen-bond acceptors (Lipinski definition) is 7. The molecule has 5 heterocycles. The Morgan fingerprint density at radius 3 is 2.76 bits per heavy atom. The number of carbonyl (C=O) groups excluding carboxylic acids is 2. The van der Waals surface area contributed by atoms with Gasteiger partial charge in [-0.2, -0.15) is 0 Å². The van der Waals surface area contributed by atoms with E-state index in [4.69, 9.17) is 15.5 Å². The van der Waals surface area contributed by atoms with Crippen LogP contribution in [0.25, 0.3) is 16.8 Å². The summed E-state index contributed by atoms with van der Waals surface area (Å²) in [5.74, 6) is 0.900. The molecular weight excluding hydrogens is 468 g/mol. The third-order valence-electron chi connectivity index (χ3n) is 7.33. The summed E-state index contributed by atoms with van der Waals surface area (Å²) in [4.78, 5) is 41.2. The molecule has 0 radical (unpaired) electrons. The van der Waals surface area contributed by atoms with E-state index in [9.17, 15) is 9.59 Å². The Morgan fingerprint density at radius 2 is 2.00 bits per heavy atom. The van der Waals surface area contributed by atoms with Crippen LogP contribution in [0.3, 0.4) is 0 Å². The van der Waals surface area contributed by atoms with Gasteiger partial charge in [0.05, 0.1) is 12.5 Å². The fourth-order valence-electron chi connectivity index (χ4n) is 5.58. The van der Waals surface area contributed by atoms with Crippen molar-refractivity contribution in [2.75, 3.05) is 18.9 Å². The normalized spacial score (nSPS) is 20.8. The van der Waals surface area contributed by atoms with Gasteiger partial charge in [-0.1, -0.05) is 36.9 Å². The SMILES string of the molecule is C=CC(=O)N1C[C@@H]2C[C@]1(c1nc(-c3ccc(C(=O)Cc4ccccn4)cc3)c3c(N)nccn13)CCO2. The van der Waals surface area contributed by atoms with E-state index in [1.165, 1.54) is 6.08 Å². The van der Waals surface area contributed by atoms with E-state index in [1.807, 2.05) is 45.8 Å². The highest BCUT2D eigenvalue weighted by molar-refractivity contribution is 5.98. The molecule has 2 bridgehead atoms. The van der Waals surface area contributed by atoms with E-state index in [0.717, 1.165) is 17.1 Å². The lowest BCUT2D eigenvalue weighted by Crippen LogP contribution is -2.46. The number of ether oxygens (including phenoxy) is 1. The minimum absolute atomic E-state index is 0.0153. The number of nitrogens with zero attached hydrogens (tertiary/aromatic N) is 5. The first-order chi connectivity index (χ1) is 18.0. The van der Waals surface area contributed by atoms with E-state index in [2.05, 4.69) is 16.5 Å². The van der Waals surface area contributed by atoms with Crippen molar-refractivity contribution in [1.82, 2.24) is 24.3 Å². The van der Waals surface area contributed by atoms with E-state index in [0.29, 0.717) is 48.6 Å². The van der Waals surface area contributed by atoms with Crippen LogP contribution in [0.5, 0.6) is 0 Å². The number of likely N-dealkylation sites (tertiary alicyclic amines) is 1. The molecule has 186 valence electrons. The maximum Gasteiger partial charge on any atom is 0.246 e. The molecule has 9 heteroatoms. The molecule has 2 atom stereocenters. The summed E-state index contributed by atoms with van der Waals surface area (Å²) in [6, 6.07) is 12.9. The number of rotatable bonds is 6. The van der Waals surface area contributed by atoms with Crippen LogP contribution in [0.1, 0.15) is 34.7 Å². The van der Waals surface area contributed by atoms with Gasteiger partial charge in [0.15, 0.2) is 5.78 Å². The van der Waals surface area contributed by atoms with Crippen LogP contribution in [0.4, 0.5) is 5.82 Å². The zero-order chi connectivity index (χ0) is 25.6. The molecule has 37 heavy (non-hydrogen) atoms. The van der Waals surface area contributed by atoms with Crippen molar-refractivity contribution in [1.29, 1.82) is 0 Å². The van der Waals surface area contributed by atoms with Gasteiger partial charge in [-0.3, -0.25) is 19.0 Å². The number of Topliss-reactive ketones (excluding diaryl/α,β-unsaturated/α-hetero) is 1. The van der Waals surface area contributed by atoms with Crippen LogP contribution < -0.4 is 5.73 Å². The van der Waals surface area contributed by atoms with Crippen molar-refractivity contribution < 1.29 is 14.3 Å². The zero-order valence-electron chi connectivity index (χ0n) is 20.2. The van der Waals surface area contributed by atoms with Crippen molar-refractivity contribution in [3.8, 4) is 11.3 Å². The second-order valence-electron chi connectivity index (χ2n) is 9.44. The summed E-state index contributed by atoms with van der Waals surface area (Å²) >= 11 is 0. The Balaban J connectivity index is 1.42. The van der Waals surface area contributed by atoms with E-state index in [1.54, 1.807) is 24.5 Å². The van der Waals surface area contributed by atoms with Crippen LogP contribution in [-0.2, 0) is 21.5 Å². The molecule has 0 unspecified atom stereocenters. The average molecular weight is 495 g/mol. The monoisotopic (exact) mass is 494 g/mol. The second kappa shape index (κ2) is 8.94. The van der Waals surface area contributed by atoms with Crippen molar-refractivity contribution >= 4 is 23.0 Å². The van der Waals surface area contributed by atoms with Crippen LogP contribution >= 0.6 is 0 Å². The van der Waals surface area contributed by atoms with Crippen LogP contribution in [-0.4, -0.2) is 55.2 Å². The van der Waals surface area contributed by atoms with Crippen molar-refractivity contribution in [3.63, 3.8) is 0 Å². The molecule has 2 N–H and O–H groups in total. The minimum atomic E-state index is -0.637. The largest absolute Gasteiger partial charge is 0.382 e. The van der Waals surface area contributed by atoms with Gasteiger partial charge < -0.3 is 15.4 Å². The molecule has 2 saturated heterocycles. The number of hydrogen-bond donors (Lipinski definition) is 1. The molecule has 1 amide bonds. The lowest BCUT2D eigenvalue weighted by Gasteiger charge is -2.37. The Morgan fingerprint density at radius 1 is 1.16 bits per heavy atom. The molecular formula is C28H26N6O3. The van der Waals surface area contributed by atoms with Gasteiger partial charge >= 0.3 is 0 Å². The van der Waals surface area contributed by atoms with Crippen molar-refractivity contribution in [2.45, 2.75) is 30.9 Å². The van der Waals surface area contributed by atoms with Gasteiger partial charge in [0.25, 0.3) is 0 Å². The molecule has 3 aromatic heterocycles. The number of fused-ring (bicyclic) bond motifs is 3. The van der Waals surface area contributed by atoms with Crippen molar-refractivity contribution in [2.24, 2.45) is 0 Å². The minimum Gasteiger partial charge on any atom is -0.382 e. The number of pyridine rings is 1.